The zero-order valence-corrected chi connectivity index (χ0v) is 20.0. The first-order valence-electron chi connectivity index (χ1n) is 12.6. The van der Waals surface area contributed by atoms with Gasteiger partial charge in [0, 0.05) is 24.9 Å². The predicted octanol–water partition coefficient (Wildman–Crippen LogP) is 4.41. The smallest absolute Gasteiger partial charge is 0.407 e. The highest BCUT2D eigenvalue weighted by molar-refractivity contribution is 5.91. The maximum atomic E-state index is 13.0. The van der Waals surface area contributed by atoms with E-state index in [2.05, 4.69) is 29.6 Å². The highest BCUT2D eigenvalue weighted by atomic mass is 16.5. The molecule has 0 aromatic heterocycles. The molecule has 3 aliphatic rings. The topological polar surface area (TPSA) is 95.9 Å². The zero-order valence-electron chi connectivity index (χ0n) is 20.0. The number of nitrogens with zero attached hydrogens (tertiary/aromatic N) is 1. The van der Waals surface area contributed by atoms with Gasteiger partial charge in [-0.2, -0.15) is 0 Å². The Balaban J connectivity index is 1.08. The molecule has 2 aromatic rings. The second-order valence-corrected chi connectivity index (χ2v) is 10.1. The number of carbonyl (C=O) groups excluding carboxylic acids is 2. The molecule has 3 atom stereocenters. The number of carboxylic acids is 1. The second kappa shape index (κ2) is 9.36. The third-order valence-corrected chi connectivity index (χ3v) is 7.97. The van der Waals surface area contributed by atoms with Crippen LogP contribution in [0.3, 0.4) is 0 Å². The second-order valence-electron chi connectivity index (χ2n) is 10.1. The van der Waals surface area contributed by atoms with Gasteiger partial charge in [0.1, 0.15) is 12.1 Å². The monoisotopic (exact) mass is 476 g/mol. The molecule has 1 aliphatic heterocycles. The van der Waals surface area contributed by atoms with Gasteiger partial charge >= 0.3 is 12.1 Å². The van der Waals surface area contributed by atoms with Crippen molar-refractivity contribution in [2.45, 2.75) is 50.5 Å². The summed E-state index contributed by atoms with van der Waals surface area (Å²) in [5.74, 6) is -1.13. The van der Waals surface area contributed by atoms with E-state index in [0.717, 1.165) is 12.8 Å². The summed E-state index contributed by atoms with van der Waals surface area (Å²) in [7, 11) is 0. The number of hydrogen-bond donors (Lipinski definition) is 2. The van der Waals surface area contributed by atoms with Crippen LogP contribution < -0.4 is 5.32 Å². The number of nitrogens with one attached hydrogen (secondary N) is 1. The first-order valence-corrected chi connectivity index (χ1v) is 12.6. The number of ether oxygens (including phenoxy) is 1. The highest BCUT2D eigenvalue weighted by Gasteiger charge is 2.66. The predicted molar refractivity (Wildman–Crippen MR) is 131 cm³/mol. The van der Waals surface area contributed by atoms with E-state index >= 15 is 0 Å². The van der Waals surface area contributed by atoms with Crippen LogP contribution in [0.1, 0.15) is 56.1 Å². The van der Waals surface area contributed by atoms with Gasteiger partial charge in [-0.3, -0.25) is 4.79 Å². The van der Waals surface area contributed by atoms with Crippen LogP contribution >= 0.6 is 0 Å². The molecule has 7 nitrogen and oxygen atoms in total. The Hall–Kier alpha value is -3.35. The Labute approximate surface area is 205 Å². The maximum Gasteiger partial charge on any atom is 0.407 e. The lowest BCUT2D eigenvalue weighted by Gasteiger charge is -2.35. The van der Waals surface area contributed by atoms with E-state index in [-0.39, 0.29) is 30.3 Å². The maximum absolute atomic E-state index is 13.0. The summed E-state index contributed by atoms with van der Waals surface area (Å²) < 4.78 is 5.56. The lowest BCUT2D eigenvalue weighted by atomic mass is 9.97. The van der Waals surface area contributed by atoms with E-state index in [1.54, 1.807) is 4.90 Å². The van der Waals surface area contributed by atoms with E-state index in [1.165, 1.54) is 22.3 Å². The molecule has 0 radical (unpaired) electrons. The van der Waals surface area contributed by atoms with Crippen molar-refractivity contribution in [2.24, 2.45) is 11.8 Å². The molecular weight excluding hydrogens is 444 g/mol. The molecule has 1 unspecified atom stereocenters. The van der Waals surface area contributed by atoms with Crippen LogP contribution in [0.4, 0.5) is 4.79 Å². The van der Waals surface area contributed by atoms with Crippen LogP contribution in [0.15, 0.2) is 48.5 Å². The Bertz CT molecular complexity index is 1100. The molecular formula is C28H32N2O5. The molecule has 2 aromatic carbocycles. The summed E-state index contributed by atoms with van der Waals surface area (Å²) in [6, 6.07) is 16.4. The number of carbonyl (C=O) groups is 3. The van der Waals surface area contributed by atoms with Gasteiger partial charge in [-0.25, -0.2) is 9.59 Å². The normalized spacial score (nSPS) is 23.0. The number of piperidine rings is 1. The molecule has 2 fully saturated rings. The summed E-state index contributed by atoms with van der Waals surface area (Å²) in [5.41, 5.74) is 3.74. The Morgan fingerprint density at radius 3 is 2.43 bits per heavy atom. The number of carboxylic acid groups (broad SMARTS) is 1. The van der Waals surface area contributed by atoms with Crippen LogP contribution in [0, 0.1) is 11.8 Å². The molecule has 2 N–H and O–H groups in total. The van der Waals surface area contributed by atoms with Crippen molar-refractivity contribution in [1.29, 1.82) is 0 Å². The van der Waals surface area contributed by atoms with Crippen molar-refractivity contribution in [1.82, 2.24) is 10.2 Å². The number of likely N-dealkylation sites (tertiary alicyclic amines) is 1. The largest absolute Gasteiger partial charge is 0.479 e. The summed E-state index contributed by atoms with van der Waals surface area (Å²) >= 11 is 0. The standard InChI is InChI=1S/C28H32N2O5/c1-18(25(31)30-15-7-9-19-16-28(19,30)26(32)33)8-6-14-29-27(34)35-17-24-22-12-4-2-10-20(22)21-11-3-5-13-23(21)24/h2-5,10-13,18-19,24H,6-9,14-17H2,1H3,(H,29,34)(H,32,33)/t18?,19-,28+/m1/s1. The number of hydrogen-bond acceptors (Lipinski definition) is 4. The highest BCUT2D eigenvalue weighted by Crippen LogP contribution is 2.54. The fourth-order valence-corrected chi connectivity index (χ4v) is 6.01. The molecule has 1 saturated heterocycles. The number of fused-ring (bicyclic) bond motifs is 4. The molecule has 184 valence electrons. The van der Waals surface area contributed by atoms with E-state index < -0.39 is 17.6 Å². The fourth-order valence-electron chi connectivity index (χ4n) is 6.01. The van der Waals surface area contributed by atoms with Gasteiger partial charge in [0.05, 0.1) is 0 Å². The van der Waals surface area contributed by atoms with Crippen LogP contribution in [0.2, 0.25) is 0 Å². The van der Waals surface area contributed by atoms with Gasteiger partial charge in [0.2, 0.25) is 5.91 Å². The Morgan fingerprint density at radius 2 is 1.77 bits per heavy atom. The molecule has 1 saturated carbocycles. The number of amides is 2. The number of alkyl carbamates (subject to hydrolysis) is 1. The van der Waals surface area contributed by atoms with Crippen molar-refractivity contribution >= 4 is 18.0 Å². The van der Waals surface area contributed by atoms with E-state index in [0.29, 0.717) is 32.4 Å². The van der Waals surface area contributed by atoms with Gasteiger partial charge in [0.25, 0.3) is 0 Å². The number of aliphatic carboxylic acids is 1. The van der Waals surface area contributed by atoms with Gasteiger partial charge in [-0.1, -0.05) is 55.5 Å². The first kappa shape index (κ1) is 23.4. The van der Waals surface area contributed by atoms with E-state index in [4.69, 9.17) is 4.74 Å². The number of benzene rings is 2. The van der Waals surface area contributed by atoms with Gasteiger partial charge in [-0.15, -0.1) is 0 Å². The minimum atomic E-state index is -0.969. The van der Waals surface area contributed by atoms with Crippen molar-refractivity contribution < 1.29 is 24.2 Å². The lowest BCUT2D eigenvalue weighted by Crippen LogP contribution is -2.52. The minimum Gasteiger partial charge on any atom is -0.479 e. The molecule has 35 heavy (non-hydrogen) atoms. The number of rotatable bonds is 8. The average Bonchev–Trinajstić information content (AvgIpc) is 3.56. The molecule has 0 spiro atoms. The van der Waals surface area contributed by atoms with Crippen molar-refractivity contribution in [2.75, 3.05) is 19.7 Å². The quantitative estimate of drug-likeness (QED) is 0.551. The minimum absolute atomic E-state index is 0.0168. The summed E-state index contributed by atoms with van der Waals surface area (Å²) in [4.78, 5) is 38.7. The van der Waals surface area contributed by atoms with Crippen LogP contribution in [-0.4, -0.2) is 53.2 Å². The van der Waals surface area contributed by atoms with Gasteiger partial charge < -0.3 is 20.1 Å². The van der Waals surface area contributed by atoms with E-state index in [9.17, 15) is 19.5 Å². The van der Waals surface area contributed by atoms with Crippen molar-refractivity contribution in [3.05, 3.63) is 59.7 Å². The molecule has 2 amide bonds. The zero-order chi connectivity index (χ0) is 24.6. The molecule has 1 heterocycles. The summed E-state index contributed by atoms with van der Waals surface area (Å²) in [6.45, 7) is 3.03. The van der Waals surface area contributed by atoms with Crippen LogP contribution in [0.25, 0.3) is 11.1 Å². The molecule has 7 heteroatoms. The molecule has 2 aliphatic carbocycles. The SMILES string of the molecule is CC(CCCNC(=O)OCC1c2ccccc2-c2ccccc21)C(=O)N1CCC[C@@H]2C[C@@]21C(=O)O. The fraction of sp³-hybridized carbons (Fsp3) is 0.464. The van der Waals surface area contributed by atoms with E-state index in [1.807, 2.05) is 31.2 Å². The third kappa shape index (κ3) is 4.17. The summed E-state index contributed by atoms with van der Waals surface area (Å²) in [6.07, 6.45) is 3.06. The summed E-state index contributed by atoms with van der Waals surface area (Å²) in [5, 5.41) is 12.5. The van der Waals surface area contributed by atoms with Gasteiger partial charge in [-0.05, 0) is 60.3 Å². The first-order chi connectivity index (χ1) is 16.9. The van der Waals surface area contributed by atoms with Crippen LogP contribution in [-0.2, 0) is 14.3 Å². The van der Waals surface area contributed by atoms with Gasteiger partial charge in [0.15, 0.2) is 0 Å². The van der Waals surface area contributed by atoms with Crippen molar-refractivity contribution in [3.63, 3.8) is 0 Å². The van der Waals surface area contributed by atoms with Crippen molar-refractivity contribution in [3.8, 4) is 11.1 Å². The Kier molecular flexibility index (Phi) is 6.26. The Morgan fingerprint density at radius 1 is 1.11 bits per heavy atom. The average molecular weight is 477 g/mol. The molecule has 5 rings (SSSR count). The van der Waals surface area contributed by atoms with Crippen LogP contribution in [0.5, 0.6) is 0 Å². The molecule has 0 bridgehead atoms. The third-order valence-electron chi connectivity index (χ3n) is 7.97. The lowest BCUT2D eigenvalue weighted by molar-refractivity contribution is -0.156.